The highest BCUT2D eigenvalue weighted by molar-refractivity contribution is 5.79. The van der Waals surface area contributed by atoms with Gasteiger partial charge in [0.15, 0.2) is 0 Å². The van der Waals surface area contributed by atoms with Crippen LogP contribution in [0.15, 0.2) is 0 Å². The zero-order valence-corrected chi connectivity index (χ0v) is 11.8. The molecule has 3 nitrogen and oxygen atoms in total. The van der Waals surface area contributed by atoms with Crippen LogP contribution in [0.2, 0.25) is 0 Å². The van der Waals surface area contributed by atoms with Crippen molar-refractivity contribution in [2.24, 2.45) is 17.8 Å². The van der Waals surface area contributed by atoms with E-state index >= 15 is 0 Å². The Hall–Kier alpha value is -0.570. The number of likely N-dealkylation sites (tertiary alicyclic amines) is 1. The molecule has 0 radical (unpaired) electrons. The summed E-state index contributed by atoms with van der Waals surface area (Å²) in [6, 6.07) is 0. The van der Waals surface area contributed by atoms with Gasteiger partial charge in [0.25, 0.3) is 0 Å². The molecule has 2 aliphatic rings. The van der Waals surface area contributed by atoms with E-state index in [-0.39, 0.29) is 12.0 Å². The molecule has 2 fully saturated rings. The monoisotopic (exact) mass is 253 g/mol. The number of rotatable bonds is 3. The number of aliphatic hydroxyl groups is 1. The van der Waals surface area contributed by atoms with Crippen LogP contribution in [0.1, 0.15) is 52.4 Å². The van der Waals surface area contributed by atoms with Crippen molar-refractivity contribution in [2.45, 2.75) is 58.5 Å². The number of aliphatic hydroxyl groups excluding tert-OH is 1. The Morgan fingerprint density at radius 2 is 2.06 bits per heavy atom. The first-order chi connectivity index (χ1) is 8.63. The van der Waals surface area contributed by atoms with Crippen molar-refractivity contribution in [1.29, 1.82) is 0 Å². The van der Waals surface area contributed by atoms with Crippen LogP contribution in [0.25, 0.3) is 0 Å². The van der Waals surface area contributed by atoms with E-state index in [4.69, 9.17) is 0 Å². The molecule has 0 spiro atoms. The first kappa shape index (κ1) is 13.9. The Labute approximate surface area is 111 Å². The molecular formula is C15H27NO2. The molecule has 1 amide bonds. The van der Waals surface area contributed by atoms with Crippen molar-refractivity contribution in [2.75, 3.05) is 13.1 Å². The fraction of sp³-hybridized carbons (Fsp3) is 0.933. The summed E-state index contributed by atoms with van der Waals surface area (Å²) in [6.45, 7) is 5.82. The van der Waals surface area contributed by atoms with Gasteiger partial charge in [-0.05, 0) is 31.1 Å². The van der Waals surface area contributed by atoms with Crippen molar-refractivity contribution in [3.8, 4) is 0 Å². The molecule has 4 atom stereocenters. The Balaban J connectivity index is 2.01. The number of nitrogens with zero attached hydrogens (tertiary/aromatic N) is 1. The normalized spacial score (nSPS) is 34.6. The molecule has 0 aromatic carbocycles. The van der Waals surface area contributed by atoms with E-state index in [1.54, 1.807) is 0 Å². The molecule has 1 saturated heterocycles. The summed E-state index contributed by atoms with van der Waals surface area (Å²) in [7, 11) is 0. The SMILES string of the molecule is CCC(C)C1CCCCC1C(=O)N1CCC(O)C1. The maximum absolute atomic E-state index is 12.6. The van der Waals surface area contributed by atoms with Crippen LogP contribution in [0.3, 0.4) is 0 Å². The number of hydrogen-bond donors (Lipinski definition) is 1. The number of carbonyl (C=O) groups is 1. The van der Waals surface area contributed by atoms with Crippen molar-refractivity contribution in [1.82, 2.24) is 4.90 Å². The summed E-state index contributed by atoms with van der Waals surface area (Å²) in [4.78, 5) is 14.5. The van der Waals surface area contributed by atoms with Crippen molar-refractivity contribution in [3.63, 3.8) is 0 Å². The lowest BCUT2D eigenvalue weighted by Gasteiger charge is -2.36. The van der Waals surface area contributed by atoms with Gasteiger partial charge in [0.1, 0.15) is 0 Å². The summed E-state index contributed by atoms with van der Waals surface area (Å²) >= 11 is 0. The lowest BCUT2D eigenvalue weighted by Crippen LogP contribution is -2.41. The van der Waals surface area contributed by atoms with E-state index in [1.807, 2.05) is 4.90 Å². The number of hydrogen-bond acceptors (Lipinski definition) is 2. The average Bonchev–Trinajstić information content (AvgIpc) is 2.83. The molecule has 104 valence electrons. The van der Waals surface area contributed by atoms with E-state index in [1.165, 1.54) is 19.3 Å². The maximum Gasteiger partial charge on any atom is 0.226 e. The Morgan fingerprint density at radius 1 is 1.33 bits per heavy atom. The van der Waals surface area contributed by atoms with Gasteiger partial charge < -0.3 is 10.0 Å². The molecule has 18 heavy (non-hydrogen) atoms. The van der Waals surface area contributed by atoms with Crippen LogP contribution >= 0.6 is 0 Å². The number of amides is 1. The minimum Gasteiger partial charge on any atom is -0.391 e. The first-order valence-corrected chi connectivity index (χ1v) is 7.60. The maximum atomic E-state index is 12.6. The van der Waals surface area contributed by atoms with Gasteiger partial charge in [0, 0.05) is 19.0 Å². The van der Waals surface area contributed by atoms with E-state index in [2.05, 4.69) is 13.8 Å². The van der Waals surface area contributed by atoms with E-state index in [0.717, 1.165) is 25.8 Å². The van der Waals surface area contributed by atoms with Gasteiger partial charge in [0.05, 0.1) is 6.10 Å². The smallest absolute Gasteiger partial charge is 0.226 e. The minimum absolute atomic E-state index is 0.221. The number of β-amino-alcohol motifs (C(OH)–C–C–N with tert-alkyl or cyclic N) is 1. The van der Waals surface area contributed by atoms with Gasteiger partial charge in [-0.25, -0.2) is 0 Å². The van der Waals surface area contributed by atoms with Gasteiger partial charge >= 0.3 is 0 Å². The van der Waals surface area contributed by atoms with Crippen molar-refractivity contribution >= 4 is 5.91 Å². The second kappa shape index (κ2) is 6.05. The van der Waals surface area contributed by atoms with Crippen LogP contribution in [0, 0.1) is 17.8 Å². The fourth-order valence-corrected chi connectivity index (χ4v) is 3.63. The van der Waals surface area contributed by atoms with E-state index < -0.39 is 0 Å². The summed E-state index contributed by atoms with van der Waals surface area (Å²) in [6.07, 6.45) is 6.37. The zero-order chi connectivity index (χ0) is 13.1. The molecule has 2 rings (SSSR count). The van der Waals surface area contributed by atoms with E-state index in [9.17, 15) is 9.90 Å². The third-order valence-corrected chi connectivity index (χ3v) is 4.99. The third-order valence-electron chi connectivity index (χ3n) is 4.99. The molecule has 0 bridgehead atoms. The lowest BCUT2D eigenvalue weighted by molar-refractivity contribution is -0.138. The van der Waals surface area contributed by atoms with Crippen LogP contribution < -0.4 is 0 Å². The van der Waals surface area contributed by atoms with Crippen LogP contribution in [-0.4, -0.2) is 35.1 Å². The Kier molecular flexibility index (Phi) is 4.66. The molecule has 1 aliphatic carbocycles. The average molecular weight is 253 g/mol. The second-order valence-electron chi connectivity index (χ2n) is 6.17. The third kappa shape index (κ3) is 2.87. The second-order valence-corrected chi connectivity index (χ2v) is 6.17. The van der Waals surface area contributed by atoms with Gasteiger partial charge in [0.2, 0.25) is 5.91 Å². The number of carbonyl (C=O) groups excluding carboxylic acids is 1. The van der Waals surface area contributed by atoms with Gasteiger partial charge in [-0.15, -0.1) is 0 Å². The summed E-state index contributed by atoms with van der Waals surface area (Å²) in [5.41, 5.74) is 0. The lowest BCUT2D eigenvalue weighted by atomic mass is 9.71. The van der Waals surface area contributed by atoms with Crippen LogP contribution in [0.4, 0.5) is 0 Å². The molecule has 1 saturated carbocycles. The summed E-state index contributed by atoms with van der Waals surface area (Å²) in [5, 5.41) is 9.57. The van der Waals surface area contributed by atoms with Crippen LogP contribution in [-0.2, 0) is 4.79 Å². The standard InChI is InChI=1S/C15H27NO2/c1-3-11(2)13-6-4-5-7-14(13)15(18)16-9-8-12(17)10-16/h11-14,17H,3-10H2,1-2H3. The topological polar surface area (TPSA) is 40.5 Å². The molecule has 0 aromatic heterocycles. The summed E-state index contributed by atoms with van der Waals surface area (Å²) < 4.78 is 0. The highest BCUT2D eigenvalue weighted by Gasteiger charge is 2.37. The van der Waals surface area contributed by atoms with Crippen molar-refractivity contribution < 1.29 is 9.90 Å². The molecule has 1 heterocycles. The van der Waals surface area contributed by atoms with Gasteiger partial charge in [-0.3, -0.25) is 4.79 Å². The predicted octanol–water partition coefficient (Wildman–Crippen LogP) is 2.43. The van der Waals surface area contributed by atoms with E-state index in [0.29, 0.717) is 24.3 Å². The molecule has 0 aromatic rings. The Bertz CT molecular complexity index is 292. The molecular weight excluding hydrogens is 226 g/mol. The molecule has 3 heteroatoms. The molecule has 4 unspecified atom stereocenters. The Morgan fingerprint density at radius 3 is 2.67 bits per heavy atom. The van der Waals surface area contributed by atoms with Gasteiger partial charge in [-0.1, -0.05) is 33.1 Å². The first-order valence-electron chi connectivity index (χ1n) is 7.60. The highest BCUT2D eigenvalue weighted by atomic mass is 16.3. The summed E-state index contributed by atoms with van der Waals surface area (Å²) in [5.74, 6) is 1.75. The largest absolute Gasteiger partial charge is 0.391 e. The zero-order valence-electron chi connectivity index (χ0n) is 11.8. The highest BCUT2D eigenvalue weighted by Crippen LogP contribution is 2.38. The molecule has 1 N–H and O–H groups in total. The minimum atomic E-state index is -0.292. The van der Waals surface area contributed by atoms with Crippen LogP contribution in [0.5, 0.6) is 0 Å². The fourth-order valence-electron chi connectivity index (χ4n) is 3.63. The quantitative estimate of drug-likeness (QED) is 0.839. The van der Waals surface area contributed by atoms with Crippen molar-refractivity contribution in [3.05, 3.63) is 0 Å². The predicted molar refractivity (Wildman–Crippen MR) is 72.1 cm³/mol. The van der Waals surface area contributed by atoms with Gasteiger partial charge in [-0.2, -0.15) is 0 Å². The molecule has 1 aliphatic heterocycles.